The van der Waals surface area contributed by atoms with Gasteiger partial charge in [0.05, 0.1) is 12.5 Å². The fourth-order valence-corrected chi connectivity index (χ4v) is 1.61. The number of aromatic nitrogens is 2. The SMILES string of the molecule is CCCC(C)(NC(=O)c1cncn1C)C(=O)O. The molecular weight excluding hydrogens is 222 g/mol. The summed E-state index contributed by atoms with van der Waals surface area (Å²) in [6.07, 6.45) is 3.96. The van der Waals surface area contributed by atoms with Crippen LogP contribution in [0.2, 0.25) is 0 Å². The summed E-state index contributed by atoms with van der Waals surface area (Å²) in [5.74, 6) is -1.46. The van der Waals surface area contributed by atoms with Crippen molar-refractivity contribution in [2.24, 2.45) is 7.05 Å². The van der Waals surface area contributed by atoms with E-state index >= 15 is 0 Å². The van der Waals surface area contributed by atoms with Gasteiger partial charge in [-0.2, -0.15) is 0 Å². The van der Waals surface area contributed by atoms with Crippen molar-refractivity contribution in [3.63, 3.8) is 0 Å². The first kappa shape index (κ1) is 13.2. The number of carboxylic acid groups (broad SMARTS) is 1. The second kappa shape index (κ2) is 4.99. The Hall–Kier alpha value is -1.85. The van der Waals surface area contributed by atoms with E-state index < -0.39 is 17.4 Å². The number of nitrogens with zero attached hydrogens (tertiary/aromatic N) is 2. The lowest BCUT2D eigenvalue weighted by molar-refractivity contribution is -0.144. The van der Waals surface area contributed by atoms with Crippen molar-refractivity contribution in [1.29, 1.82) is 0 Å². The summed E-state index contributed by atoms with van der Waals surface area (Å²) in [5, 5.41) is 11.7. The minimum absolute atomic E-state index is 0.341. The smallest absolute Gasteiger partial charge is 0.329 e. The summed E-state index contributed by atoms with van der Waals surface area (Å²) in [4.78, 5) is 26.9. The van der Waals surface area contributed by atoms with Crippen LogP contribution in [0.4, 0.5) is 0 Å². The molecule has 0 aliphatic heterocycles. The van der Waals surface area contributed by atoms with Crippen LogP contribution in [0.1, 0.15) is 37.2 Å². The number of aliphatic carboxylic acids is 1. The number of aryl methyl sites for hydroxylation is 1. The van der Waals surface area contributed by atoms with Crippen LogP contribution in [0.3, 0.4) is 0 Å². The number of amides is 1. The van der Waals surface area contributed by atoms with Gasteiger partial charge in [0.2, 0.25) is 0 Å². The van der Waals surface area contributed by atoms with E-state index in [1.165, 1.54) is 19.4 Å². The van der Waals surface area contributed by atoms with Gasteiger partial charge in [0, 0.05) is 7.05 Å². The molecule has 0 radical (unpaired) electrons. The van der Waals surface area contributed by atoms with Crippen LogP contribution in [0, 0.1) is 0 Å². The van der Waals surface area contributed by atoms with Gasteiger partial charge in [-0.05, 0) is 13.3 Å². The maximum absolute atomic E-state index is 11.9. The summed E-state index contributed by atoms with van der Waals surface area (Å²) >= 11 is 0. The van der Waals surface area contributed by atoms with Gasteiger partial charge in [-0.15, -0.1) is 0 Å². The van der Waals surface area contributed by atoms with Gasteiger partial charge in [0.25, 0.3) is 5.91 Å². The van der Waals surface area contributed by atoms with E-state index in [2.05, 4.69) is 10.3 Å². The first-order valence-corrected chi connectivity index (χ1v) is 5.43. The van der Waals surface area contributed by atoms with Gasteiger partial charge in [0.15, 0.2) is 0 Å². The maximum atomic E-state index is 11.9. The first-order chi connectivity index (χ1) is 7.90. The third kappa shape index (κ3) is 2.83. The Kier molecular flexibility index (Phi) is 3.88. The van der Waals surface area contributed by atoms with Gasteiger partial charge in [-0.3, -0.25) is 4.79 Å². The molecule has 17 heavy (non-hydrogen) atoms. The number of hydrogen-bond acceptors (Lipinski definition) is 3. The van der Waals surface area contributed by atoms with Crippen LogP contribution in [-0.4, -0.2) is 32.1 Å². The van der Waals surface area contributed by atoms with Crippen LogP contribution >= 0.6 is 0 Å². The van der Waals surface area contributed by atoms with Crippen molar-refractivity contribution >= 4 is 11.9 Å². The number of hydrogen-bond donors (Lipinski definition) is 2. The Morgan fingerprint density at radius 2 is 2.24 bits per heavy atom. The predicted octanol–water partition coefficient (Wildman–Crippen LogP) is 0.793. The minimum Gasteiger partial charge on any atom is -0.480 e. The Balaban J connectivity index is 2.85. The number of carbonyl (C=O) groups is 2. The predicted molar refractivity (Wildman–Crippen MR) is 61.6 cm³/mol. The molecule has 1 rings (SSSR count). The van der Waals surface area contributed by atoms with Crippen molar-refractivity contribution in [2.45, 2.75) is 32.2 Å². The summed E-state index contributed by atoms with van der Waals surface area (Å²) < 4.78 is 1.55. The van der Waals surface area contributed by atoms with Crippen LogP contribution in [0.15, 0.2) is 12.5 Å². The minimum atomic E-state index is -1.24. The monoisotopic (exact) mass is 239 g/mol. The lowest BCUT2D eigenvalue weighted by Crippen LogP contribution is -2.52. The van der Waals surface area contributed by atoms with E-state index in [4.69, 9.17) is 5.11 Å². The fraction of sp³-hybridized carbons (Fsp3) is 0.545. The Morgan fingerprint density at radius 3 is 2.65 bits per heavy atom. The number of rotatable bonds is 5. The molecule has 6 nitrogen and oxygen atoms in total. The highest BCUT2D eigenvalue weighted by atomic mass is 16.4. The van der Waals surface area contributed by atoms with Gasteiger partial charge in [-0.1, -0.05) is 13.3 Å². The normalized spacial score (nSPS) is 14.1. The zero-order chi connectivity index (χ0) is 13.1. The lowest BCUT2D eigenvalue weighted by atomic mass is 9.96. The number of nitrogens with one attached hydrogen (secondary N) is 1. The Labute approximate surface area is 99.7 Å². The largest absolute Gasteiger partial charge is 0.480 e. The third-order valence-corrected chi connectivity index (χ3v) is 2.66. The quantitative estimate of drug-likeness (QED) is 0.795. The van der Waals surface area contributed by atoms with Crippen molar-refractivity contribution in [3.8, 4) is 0 Å². The third-order valence-electron chi connectivity index (χ3n) is 2.66. The number of imidazole rings is 1. The van der Waals surface area contributed by atoms with E-state index in [9.17, 15) is 9.59 Å². The number of carbonyl (C=O) groups excluding carboxylic acids is 1. The van der Waals surface area contributed by atoms with Crippen LogP contribution in [-0.2, 0) is 11.8 Å². The average Bonchev–Trinajstić information content (AvgIpc) is 2.64. The molecule has 0 bridgehead atoms. The van der Waals surface area contributed by atoms with E-state index in [-0.39, 0.29) is 0 Å². The van der Waals surface area contributed by atoms with Crippen LogP contribution < -0.4 is 5.32 Å². The highest BCUT2D eigenvalue weighted by Crippen LogP contribution is 2.13. The molecule has 1 heterocycles. The molecular formula is C11H17N3O3. The van der Waals surface area contributed by atoms with E-state index in [1.807, 2.05) is 6.92 Å². The van der Waals surface area contributed by atoms with Crippen molar-refractivity contribution < 1.29 is 14.7 Å². The van der Waals surface area contributed by atoms with E-state index in [0.29, 0.717) is 18.5 Å². The van der Waals surface area contributed by atoms with Crippen molar-refractivity contribution in [1.82, 2.24) is 14.9 Å². The van der Waals surface area contributed by atoms with Gasteiger partial charge in [-0.25, -0.2) is 9.78 Å². The van der Waals surface area contributed by atoms with E-state index in [0.717, 1.165) is 0 Å². The Morgan fingerprint density at radius 1 is 1.59 bits per heavy atom. The first-order valence-electron chi connectivity index (χ1n) is 5.43. The highest BCUT2D eigenvalue weighted by molar-refractivity contribution is 5.96. The summed E-state index contributed by atoms with van der Waals surface area (Å²) in [5.41, 5.74) is -0.899. The molecule has 1 aromatic heterocycles. The number of carboxylic acids is 1. The van der Waals surface area contributed by atoms with Gasteiger partial charge in [0.1, 0.15) is 11.2 Å². The van der Waals surface area contributed by atoms with Crippen molar-refractivity contribution in [3.05, 3.63) is 18.2 Å². The molecule has 6 heteroatoms. The average molecular weight is 239 g/mol. The molecule has 94 valence electrons. The highest BCUT2D eigenvalue weighted by Gasteiger charge is 2.34. The van der Waals surface area contributed by atoms with Crippen LogP contribution in [0.5, 0.6) is 0 Å². The molecule has 1 amide bonds. The second-order valence-corrected chi connectivity index (χ2v) is 4.23. The molecule has 2 N–H and O–H groups in total. The summed E-state index contributed by atoms with van der Waals surface area (Å²) in [6.45, 7) is 3.38. The van der Waals surface area contributed by atoms with Gasteiger partial charge < -0.3 is 15.0 Å². The molecule has 1 atom stereocenters. The summed E-state index contributed by atoms with van der Waals surface area (Å²) in [6, 6.07) is 0. The standard InChI is InChI=1S/C11H17N3O3/c1-4-5-11(2,10(16)17)13-9(15)8-6-12-7-14(8)3/h6-7H,4-5H2,1-3H3,(H,13,15)(H,16,17). The second-order valence-electron chi connectivity index (χ2n) is 4.23. The molecule has 0 aliphatic rings. The molecule has 0 spiro atoms. The maximum Gasteiger partial charge on any atom is 0.329 e. The van der Waals surface area contributed by atoms with E-state index in [1.54, 1.807) is 11.6 Å². The summed E-state index contributed by atoms with van der Waals surface area (Å²) in [7, 11) is 1.68. The zero-order valence-corrected chi connectivity index (χ0v) is 10.2. The zero-order valence-electron chi connectivity index (χ0n) is 10.2. The lowest BCUT2D eigenvalue weighted by Gasteiger charge is -2.25. The Bertz CT molecular complexity index is 427. The fourth-order valence-electron chi connectivity index (χ4n) is 1.61. The van der Waals surface area contributed by atoms with Crippen molar-refractivity contribution in [2.75, 3.05) is 0 Å². The molecule has 0 saturated heterocycles. The topological polar surface area (TPSA) is 84.2 Å². The molecule has 0 aliphatic carbocycles. The van der Waals surface area contributed by atoms with Gasteiger partial charge >= 0.3 is 5.97 Å². The molecule has 1 unspecified atom stereocenters. The van der Waals surface area contributed by atoms with Crippen LogP contribution in [0.25, 0.3) is 0 Å². The molecule has 0 aromatic carbocycles. The molecule has 0 saturated carbocycles. The molecule has 1 aromatic rings. The molecule has 0 fully saturated rings.